The number of carbonyl (C=O) groups excluding carboxylic acids is 1. The van der Waals surface area contributed by atoms with E-state index in [2.05, 4.69) is 16.5 Å². The normalized spacial score (nSPS) is 10.4. The number of hydrogen-bond donors (Lipinski definition) is 2. The number of nitriles is 1. The molecule has 1 aromatic heterocycles. The minimum absolute atomic E-state index is 0.0690. The summed E-state index contributed by atoms with van der Waals surface area (Å²) in [6.45, 7) is 2.25. The zero-order chi connectivity index (χ0) is 21.5. The molecule has 30 heavy (non-hydrogen) atoms. The fraction of sp³-hybridized carbons (Fsp3) is 0.227. The lowest BCUT2D eigenvalue weighted by Gasteiger charge is -2.09. The third kappa shape index (κ3) is 4.94. The second kappa shape index (κ2) is 9.56. The lowest BCUT2D eigenvalue weighted by atomic mass is 10.1. The molecule has 1 amide bonds. The number of nitrogens with one attached hydrogen (secondary N) is 1. The molecule has 0 aliphatic rings. The number of nitrogens with two attached hydrogens (primary N) is 1. The van der Waals surface area contributed by atoms with Crippen molar-refractivity contribution in [3.63, 3.8) is 0 Å². The highest BCUT2D eigenvalue weighted by Crippen LogP contribution is 2.21. The third-order valence-electron chi connectivity index (χ3n) is 4.54. The molecule has 3 aromatic rings. The molecule has 0 atom stereocenters. The molecule has 0 bridgehead atoms. The van der Waals surface area contributed by atoms with Gasteiger partial charge in [-0.25, -0.2) is 9.07 Å². The van der Waals surface area contributed by atoms with E-state index in [1.54, 1.807) is 0 Å². The number of halogens is 1. The van der Waals surface area contributed by atoms with Crippen LogP contribution >= 0.6 is 0 Å². The Hall–Kier alpha value is -3.86. The van der Waals surface area contributed by atoms with Gasteiger partial charge >= 0.3 is 0 Å². The first-order chi connectivity index (χ1) is 14.5. The highest BCUT2D eigenvalue weighted by atomic mass is 19.1. The van der Waals surface area contributed by atoms with Crippen molar-refractivity contribution in [2.24, 2.45) is 0 Å². The van der Waals surface area contributed by atoms with Gasteiger partial charge in [0, 0.05) is 6.54 Å². The predicted octanol–water partition coefficient (Wildman–Crippen LogP) is 2.90. The second-order valence-electron chi connectivity index (χ2n) is 6.71. The zero-order valence-corrected chi connectivity index (χ0v) is 16.6. The van der Waals surface area contributed by atoms with Gasteiger partial charge in [0.25, 0.3) is 5.91 Å². The van der Waals surface area contributed by atoms with Crippen molar-refractivity contribution in [1.29, 1.82) is 5.26 Å². The van der Waals surface area contributed by atoms with Gasteiger partial charge in [-0.15, -0.1) is 0 Å². The van der Waals surface area contributed by atoms with E-state index < -0.39 is 0 Å². The van der Waals surface area contributed by atoms with Crippen molar-refractivity contribution in [1.82, 2.24) is 15.1 Å². The maximum Gasteiger partial charge on any atom is 0.257 e. The maximum atomic E-state index is 13.1. The predicted molar refractivity (Wildman–Crippen MR) is 111 cm³/mol. The minimum Gasteiger partial charge on any atom is -0.484 e. The van der Waals surface area contributed by atoms with Crippen molar-refractivity contribution in [2.75, 3.05) is 18.9 Å². The first-order valence-electron chi connectivity index (χ1n) is 9.48. The molecule has 0 radical (unpaired) electrons. The van der Waals surface area contributed by atoms with E-state index in [1.165, 1.54) is 28.9 Å². The molecule has 1 heterocycles. The Balaban J connectivity index is 1.53. The summed E-state index contributed by atoms with van der Waals surface area (Å²) < 4.78 is 20.1. The molecule has 0 aliphatic heterocycles. The molecule has 0 saturated carbocycles. The Bertz CT molecular complexity index is 1070. The first-order valence-corrected chi connectivity index (χ1v) is 9.48. The van der Waals surface area contributed by atoms with Crippen LogP contribution in [0.1, 0.15) is 23.2 Å². The number of para-hydroxylation sites is 1. The van der Waals surface area contributed by atoms with Crippen molar-refractivity contribution >= 4 is 11.7 Å². The molecule has 8 heteroatoms. The van der Waals surface area contributed by atoms with Crippen LogP contribution in [0.15, 0.2) is 48.5 Å². The molecular formula is C22H22FN5O2. The largest absolute Gasteiger partial charge is 0.484 e. The Labute approximate surface area is 173 Å². The number of rotatable bonds is 8. The molecule has 0 spiro atoms. The molecular weight excluding hydrogens is 385 g/mol. The molecule has 7 nitrogen and oxygen atoms in total. The van der Waals surface area contributed by atoms with Crippen molar-refractivity contribution in [3.8, 4) is 17.5 Å². The number of anilines is 1. The number of nitrogen functional groups attached to an aromatic ring is 1. The maximum absolute atomic E-state index is 13.1. The van der Waals surface area contributed by atoms with E-state index in [9.17, 15) is 14.4 Å². The minimum atomic E-state index is -0.368. The van der Waals surface area contributed by atoms with Gasteiger partial charge in [-0.3, -0.25) is 4.79 Å². The van der Waals surface area contributed by atoms with Gasteiger partial charge in [-0.1, -0.05) is 18.2 Å². The first kappa shape index (κ1) is 20.9. The summed E-state index contributed by atoms with van der Waals surface area (Å²) >= 11 is 0. The van der Waals surface area contributed by atoms with Crippen molar-refractivity contribution < 1.29 is 13.9 Å². The highest BCUT2D eigenvalue weighted by molar-refractivity contribution is 5.77. The van der Waals surface area contributed by atoms with Gasteiger partial charge in [0.2, 0.25) is 0 Å². The summed E-state index contributed by atoms with van der Waals surface area (Å²) in [7, 11) is 0. The molecule has 2 aromatic carbocycles. The zero-order valence-electron chi connectivity index (χ0n) is 16.6. The number of aromatic nitrogens is 2. The second-order valence-corrected chi connectivity index (χ2v) is 6.71. The van der Waals surface area contributed by atoms with Gasteiger partial charge in [0.15, 0.2) is 6.61 Å². The highest BCUT2D eigenvalue weighted by Gasteiger charge is 2.16. The fourth-order valence-electron chi connectivity index (χ4n) is 2.95. The van der Waals surface area contributed by atoms with E-state index in [4.69, 9.17) is 10.5 Å². The molecule has 0 unspecified atom stereocenters. The molecule has 154 valence electrons. The Morgan fingerprint density at radius 2 is 2.00 bits per heavy atom. The topological polar surface area (TPSA) is 106 Å². The molecule has 0 aliphatic carbocycles. The van der Waals surface area contributed by atoms with Crippen LogP contribution in [0, 0.1) is 24.1 Å². The van der Waals surface area contributed by atoms with Crippen LogP contribution in [-0.4, -0.2) is 28.8 Å². The molecule has 0 fully saturated rings. The Morgan fingerprint density at radius 1 is 1.27 bits per heavy atom. The van der Waals surface area contributed by atoms with Gasteiger partial charge in [0.1, 0.15) is 29.0 Å². The number of hydrogen-bond acceptors (Lipinski definition) is 5. The molecule has 3 N–H and O–H groups in total. The van der Waals surface area contributed by atoms with Gasteiger partial charge in [0.05, 0.1) is 11.4 Å². The van der Waals surface area contributed by atoms with Crippen LogP contribution in [0.2, 0.25) is 0 Å². The summed E-state index contributed by atoms with van der Waals surface area (Å²) in [6, 6.07) is 15.2. The summed E-state index contributed by atoms with van der Waals surface area (Å²) in [5.74, 6) is 0.283. The Morgan fingerprint density at radius 3 is 2.70 bits per heavy atom. The lowest BCUT2D eigenvalue weighted by molar-refractivity contribution is -0.123. The van der Waals surface area contributed by atoms with E-state index >= 15 is 0 Å². The van der Waals surface area contributed by atoms with Crippen molar-refractivity contribution in [3.05, 3.63) is 71.2 Å². The average Bonchev–Trinajstić information content (AvgIpc) is 3.06. The number of ether oxygens (including phenoxy) is 1. The standard InChI is InChI=1S/C22H22FN5O2/c1-15-5-2-3-7-20(15)30-14-21(29)26-12-4-6-19-18(13-24)22(25)28(27-19)17-10-8-16(23)9-11-17/h2-3,5,7-11H,4,6,12,14,25H2,1H3,(H,26,29). The van der Waals surface area contributed by atoms with Crippen LogP contribution in [0.25, 0.3) is 5.69 Å². The summed E-state index contributed by atoms with van der Waals surface area (Å²) in [4.78, 5) is 12.0. The number of benzene rings is 2. The SMILES string of the molecule is Cc1ccccc1OCC(=O)NCCCc1nn(-c2ccc(F)cc2)c(N)c1C#N. The quantitative estimate of drug-likeness (QED) is 0.559. The van der Waals surface area contributed by atoms with Gasteiger partial charge < -0.3 is 15.8 Å². The number of amides is 1. The van der Waals surface area contributed by atoms with E-state index in [0.717, 1.165) is 5.56 Å². The third-order valence-corrected chi connectivity index (χ3v) is 4.54. The van der Waals surface area contributed by atoms with E-state index in [-0.39, 0.29) is 29.7 Å². The molecule has 3 rings (SSSR count). The average molecular weight is 407 g/mol. The smallest absolute Gasteiger partial charge is 0.257 e. The number of carbonyl (C=O) groups is 1. The Kier molecular flexibility index (Phi) is 6.65. The summed E-state index contributed by atoms with van der Waals surface area (Å²) in [5.41, 5.74) is 8.39. The van der Waals surface area contributed by atoms with Crippen LogP contribution in [-0.2, 0) is 11.2 Å². The number of aryl methyl sites for hydroxylation is 2. The van der Waals surface area contributed by atoms with Crippen LogP contribution in [0.5, 0.6) is 5.75 Å². The monoisotopic (exact) mass is 407 g/mol. The summed E-state index contributed by atoms with van der Waals surface area (Å²) in [5, 5.41) is 16.6. The summed E-state index contributed by atoms with van der Waals surface area (Å²) in [6.07, 6.45) is 1.03. The van der Waals surface area contributed by atoms with Crippen LogP contribution in [0.3, 0.4) is 0 Å². The van der Waals surface area contributed by atoms with Crippen LogP contribution < -0.4 is 15.8 Å². The van der Waals surface area contributed by atoms with Gasteiger partial charge in [-0.05, 0) is 55.7 Å². The lowest BCUT2D eigenvalue weighted by Crippen LogP contribution is -2.30. The van der Waals surface area contributed by atoms with E-state index in [1.807, 2.05) is 31.2 Å². The molecule has 0 saturated heterocycles. The van der Waals surface area contributed by atoms with Gasteiger partial charge in [-0.2, -0.15) is 10.4 Å². The van der Waals surface area contributed by atoms with E-state index in [0.29, 0.717) is 36.5 Å². The fourth-order valence-corrected chi connectivity index (χ4v) is 2.95. The number of nitrogens with zero attached hydrogens (tertiary/aromatic N) is 3. The van der Waals surface area contributed by atoms with Crippen LogP contribution in [0.4, 0.5) is 10.2 Å². The van der Waals surface area contributed by atoms with Crippen molar-refractivity contribution in [2.45, 2.75) is 19.8 Å².